The molecule has 1 heterocycles. The predicted octanol–water partition coefficient (Wildman–Crippen LogP) is 1.61. The van der Waals surface area contributed by atoms with E-state index in [1.165, 1.54) is 12.1 Å². The second-order valence-corrected chi connectivity index (χ2v) is 4.46. The van der Waals surface area contributed by atoms with E-state index in [0.29, 0.717) is 17.6 Å². The van der Waals surface area contributed by atoms with Crippen LogP contribution in [0.4, 0.5) is 4.39 Å². The van der Waals surface area contributed by atoms with Gasteiger partial charge in [-0.3, -0.25) is 9.48 Å². The summed E-state index contributed by atoms with van der Waals surface area (Å²) in [7, 11) is 0. The quantitative estimate of drug-likeness (QED) is 0.933. The molecule has 5 nitrogen and oxygen atoms in total. The van der Waals surface area contributed by atoms with Gasteiger partial charge in [-0.25, -0.2) is 4.39 Å². The highest BCUT2D eigenvalue weighted by Gasteiger charge is 2.11. The third kappa shape index (κ3) is 3.13. The summed E-state index contributed by atoms with van der Waals surface area (Å²) in [4.78, 5) is 11.7. The number of nitrogens with zero attached hydrogens (tertiary/aromatic N) is 3. The van der Waals surface area contributed by atoms with Gasteiger partial charge in [-0.15, -0.1) is 5.10 Å². The fourth-order valence-electron chi connectivity index (χ4n) is 1.40. The van der Waals surface area contributed by atoms with Crippen LogP contribution >= 0.6 is 15.9 Å². The molecule has 2 aromatic rings. The van der Waals surface area contributed by atoms with Gasteiger partial charge in [-0.05, 0) is 18.2 Å². The molecule has 0 radical (unpaired) electrons. The molecule has 0 aliphatic rings. The Balaban J connectivity index is 1.93. The van der Waals surface area contributed by atoms with E-state index in [-0.39, 0.29) is 5.56 Å². The molecular formula is C11H10BrFN4O. The van der Waals surface area contributed by atoms with Gasteiger partial charge in [0.1, 0.15) is 5.82 Å². The summed E-state index contributed by atoms with van der Waals surface area (Å²) in [6.45, 7) is 0.843. The molecule has 7 heteroatoms. The number of nitrogens with one attached hydrogen (secondary N) is 1. The summed E-state index contributed by atoms with van der Waals surface area (Å²) >= 11 is 3.20. The lowest BCUT2D eigenvalue weighted by atomic mass is 10.2. The maximum Gasteiger partial charge on any atom is 0.254 e. The molecule has 0 aliphatic heterocycles. The highest BCUT2D eigenvalue weighted by Crippen LogP contribution is 2.15. The Morgan fingerprint density at radius 3 is 3.06 bits per heavy atom. The van der Waals surface area contributed by atoms with Gasteiger partial charge in [0.2, 0.25) is 0 Å². The fraction of sp³-hybridized carbons (Fsp3) is 0.182. The van der Waals surface area contributed by atoms with Crippen LogP contribution in [0.2, 0.25) is 0 Å². The molecule has 0 spiro atoms. The standard InChI is InChI=1S/C11H10BrFN4O/c12-8-1-2-10(13)9(7-8)11(18)14-3-5-17-6-4-15-16-17/h1-2,4,6-7H,3,5H2,(H,14,18). The summed E-state index contributed by atoms with van der Waals surface area (Å²) in [6, 6.07) is 4.23. The Labute approximate surface area is 111 Å². The van der Waals surface area contributed by atoms with Gasteiger partial charge in [0.15, 0.2) is 0 Å². The highest BCUT2D eigenvalue weighted by atomic mass is 79.9. The van der Waals surface area contributed by atoms with E-state index < -0.39 is 11.7 Å². The van der Waals surface area contributed by atoms with Crippen LogP contribution in [0.15, 0.2) is 35.1 Å². The van der Waals surface area contributed by atoms with Crippen LogP contribution in [0.1, 0.15) is 10.4 Å². The second kappa shape index (κ2) is 5.72. The van der Waals surface area contributed by atoms with E-state index in [4.69, 9.17) is 0 Å². The number of carbonyl (C=O) groups is 1. The molecule has 1 N–H and O–H groups in total. The van der Waals surface area contributed by atoms with E-state index in [1.54, 1.807) is 23.1 Å². The minimum Gasteiger partial charge on any atom is -0.350 e. The van der Waals surface area contributed by atoms with Crippen LogP contribution in [0.5, 0.6) is 0 Å². The third-order valence-electron chi connectivity index (χ3n) is 2.27. The van der Waals surface area contributed by atoms with Crippen molar-refractivity contribution >= 4 is 21.8 Å². The van der Waals surface area contributed by atoms with Crippen LogP contribution in [-0.4, -0.2) is 27.4 Å². The van der Waals surface area contributed by atoms with E-state index >= 15 is 0 Å². The Hall–Kier alpha value is -1.76. The van der Waals surface area contributed by atoms with Gasteiger partial charge in [0.05, 0.1) is 18.3 Å². The molecule has 94 valence electrons. The van der Waals surface area contributed by atoms with Crippen molar-refractivity contribution in [2.45, 2.75) is 6.54 Å². The number of hydrogen-bond acceptors (Lipinski definition) is 3. The average molecular weight is 313 g/mol. The molecule has 1 aromatic heterocycles. The molecular weight excluding hydrogens is 303 g/mol. The number of hydrogen-bond donors (Lipinski definition) is 1. The number of rotatable bonds is 4. The first-order valence-corrected chi connectivity index (χ1v) is 6.03. The summed E-state index contributed by atoms with van der Waals surface area (Å²) < 4.78 is 15.7. The fourth-order valence-corrected chi connectivity index (χ4v) is 1.76. The number of aromatic nitrogens is 3. The van der Waals surface area contributed by atoms with Crippen molar-refractivity contribution in [2.75, 3.05) is 6.54 Å². The molecule has 0 aliphatic carbocycles. The van der Waals surface area contributed by atoms with Gasteiger partial charge < -0.3 is 5.32 Å². The Bertz CT molecular complexity index is 544. The van der Waals surface area contributed by atoms with Crippen LogP contribution in [-0.2, 0) is 6.54 Å². The third-order valence-corrected chi connectivity index (χ3v) is 2.76. The predicted molar refractivity (Wildman–Crippen MR) is 66.5 cm³/mol. The van der Waals surface area contributed by atoms with E-state index in [1.807, 2.05) is 0 Å². The zero-order chi connectivity index (χ0) is 13.0. The topological polar surface area (TPSA) is 59.8 Å². The number of amides is 1. The number of carbonyl (C=O) groups excluding carboxylic acids is 1. The molecule has 0 bridgehead atoms. The second-order valence-electron chi connectivity index (χ2n) is 3.55. The molecule has 0 atom stereocenters. The summed E-state index contributed by atoms with van der Waals surface area (Å²) in [6.07, 6.45) is 3.24. The Kier molecular flexibility index (Phi) is 4.03. The van der Waals surface area contributed by atoms with Gasteiger partial charge in [0.25, 0.3) is 5.91 Å². The van der Waals surface area contributed by atoms with Crippen molar-refractivity contribution in [3.63, 3.8) is 0 Å². The first-order chi connectivity index (χ1) is 8.66. The molecule has 1 amide bonds. The molecule has 0 saturated heterocycles. The Morgan fingerprint density at radius 2 is 2.33 bits per heavy atom. The van der Waals surface area contributed by atoms with Crippen molar-refractivity contribution in [1.82, 2.24) is 20.3 Å². The van der Waals surface area contributed by atoms with Crippen LogP contribution in [0, 0.1) is 5.82 Å². The van der Waals surface area contributed by atoms with Gasteiger partial charge >= 0.3 is 0 Å². The van der Waals surface area contributed by atoms with Crippen LogP contribution in [0.25, 0.3) is 0 Å². The summed E-state index contributed by atoms with van der Waals surface area (Å²) in [5.74, 6) is -0.995. The largest absolute Gasteiger partial charge is 0.350 e. The van der Waals surface area contributed by atoms with Gasteiger partial charge in [-0.1, -0.05) is 21.1 Å². The van der Waals surface area contributed by atoms with Crippen molar-refractivity contribution < 1.29 is 9.18 Å². The first-order valence-electron chi connectivity index (χ1n) is 5.24. The Morgan fingerprint density at radius 1 is 1.50 bits per heavy atom. The zero-order valence-electron chi connectivity index (χ0n) is 9.31. The minimum atomic E-state index is -0.545. The normalized spacial score (nSPS) is 10.3. The van der Waals surface area contributed by atoms with Gasteiger partial charge in [-0.2, -0.15) is 0 Å². The lowest BCUT2D eigenvalue weighted by Crippen LogP contribution is -2.28. The molecule has 18 heavy (non-hydrogen) atoms. The highest BCUT2D eigenvalue weighted by molar-refractivity contribution is 9.10. The minimum absolute atomic E-state index is 0.0166. The maximum atomic E-state index is 13.4. The SMILES string of the molecule is O=C(NCCn1ccnn1)c1cc(Br)ccc1F. The molecule has 0 saturated carbocycles. The summed E-state index contributed by atoms with van der Waals surface area (Å²) in [5.41, 5.74) is 0.0166. The first kappa shape index (κ1) is 12.7. The van der Waals surface area contributed by atoms with E-state index in [2.05, 4.69) is 31.6 Å². The van der Waals surface area contributed by atoms with Crippen molar-refractivity contribution in [1.29, 1.82) is 0 Å². The summed E-state index contributed by atoms with van der Waals surface area (Å²) in [5, 5.41) is 10.0. The van der Waals surface area contributed by atoms with Crippen molar-refractivity contribution in [3.8, 4) is 0 Å². The number of benzene rings is 1. The van der Waals surface area contributed by atoms with Crippen molar-refractivity contribution in [3.05, 3.63) is 46.4 Å². The molecule has 1 aromatic carbocycles. The lowest BCUT2D eigenvalue weighted by Gasteiger charge is -2.06. The molecule has 2 rings (SSSR count). The van der Waals surface area contributed by atoms with Crippen LogP contribution < -0.4 is 5.32 Å². The zero-order valence-corrected chi connectivity index (χ0v) is 10.9. The number of halogens is 2. The average Bonchev–Trinajstić information content (AvgIpc) is 2.85. The smallest absolute Gasteiger partial charge is 0.254 e. The van der Waals surface area contributed by atoms with Crippen LogP contribution in [0.3, 0.4) is 0 Å². The van der Waals surface area contributed by atoms with E-state index in [0.717, 1.165) is 0 Å². The lowest BCUT2D eigenvalue weighted by molar-refractivity contribution is 0.0948. The van der Waals surface area contributed by atoms with Crippen molar-refractivity contribution in [2.24, 2.45) is 0 Å². The molecule has 0 unspecified atom stereocenters. The molecule has 0 fully saturated rings. The van der Waals surface area contributed by atoms with E-state index in [9.17, 15) is 9.18 Å². The monoisotopic (exact) mass is 312 g/mol. The maximum absolute atomic E-state index is 13.4. The van der Waals surface area contributed by atoms with Gasteiger partial charge in [0, 0.05) is 17.2 Å².